The molecule has 1 amide bonds. The van der Waals surface area contributed by atoms with Gasteiger partial charge in [0.15, 0.2) is 0 Å². The minimum Gasteiger partial charge on any atom is -0.480 e. The Morgan fingerprint density at radius 2 is 1.91 bits per heavy atom. The van der Waals surface area contributed by atoms with Crippen molar-refractivity contribution in [3.05, 3.63) is 91.1 Å². The zero-order valence-electron chi connectivity index (χ0n) is 17.9. The van der Waals surface area contributed by atoms with E-state index in [0.29, 0.717) is 5.56 Å². The number of anilines is 1. The summed E-state index contributed by atoms with van der Waals surface area (Å²) in [6.45, 7) is 0. The number of hydrogen-bond donors (Lipinski definition) is 2. The number of nitrogens with zero attached hydrogens (tertiary/aromatic N) is 5. The Morgan fingerprint density at radius 3 is 2.68 bits per heavy atom. The molecule has 10 heteroatoms. The lowest BCUT2D eigenvalue weighted by Gasteiger charge is -2.24. The first-order chi connectivity index (χ1) is 16.6. The van der Waals surface area contributed by atoms with Crippen molar-refractivity contribution < 1.29 is 19.2 Å². The van der Waals surface area contributed by atoms with E-state index < -0.39 is 11.5 Å². The summed E-state index contributed by atoms with van der Waals surface area (Å²) in [6.07, 6.45) is 9.41. The van der Waals surface area contributed by atoms with Gasteiger partial charge in [-0.3, -0.25) is 19.7 Å². The average Bonchev–Trinajstić information content (AvgIpc) is 3.44. The van der Waals surface area contributed by atoms with Gasteiger partial charge in [-0.1, -0.05) is 11.2 Å². The van der Waals surface area contributed by atoms with Crippen LogP contribution in [-0.4, -0.2) is 43.2 Å². The zero-order valence-corrected chi connectivity index (χ0v) is 17.9. The SMILES string of the molecule is COc1ncc(-c2cncc3cccnc23)cc1NC(=O)C(O)(c1ccccn1)c1ccon1. The van der Waals surface area contributed by atoms with Gasteiger partial charge in [0, 0.05) is 53.6 Å². The van der Waals surface area contributed by atoms with Crippen LogP contribution in [0.1, 0.15) is 11.4 Å². The predicted octanol–water partition coefficient (Wildman–Crippen LogP) is 2.96. The standard InChI is InChI=1S/C24H18N6O4/c1-33-22-18(11-16(13-28-22)17-14-25-12-15-5-4-9-27-21(15)17)29-23(31)24(32,20-7-10-34-30-20)19-6-2-3-8-26-19/h2-14,32H,1H3,(H,29,31). The molecule has 5 aromatic heterocycles. The third kappa shape index (κ3) is 3.61. The van der Waals surface area contributed by atoms with Gasteiger partial charge < -0.3 is 19.7 Å². The van der Waals surface area contributed by atoms with E-state index in [1.54, 1.807) is 43.0 Å². The van der Waals surface area contributed by atoms with Gasteiger partial charge in [0.1, 0.15) is 17.6 Å². The molecule has 1 unspecified atom stereocenters. The molecular weight excluding hydrogens is 436 g/mol. The largest absolute Gasteiger partial charge is 0.480 e. The molecule has 34 heavy (non-hydrogen) atoms. The van der Waals surface area contributed by atoms with E-state index in [9.17, 15) is 9.90 Å². The second-order valence-electron chi connectivity index (χ2n) is 7.31. The number of rotatable bonds is 6. The van der Waals surface area contributed by atoms with E-state index in [4.69, 9.17) is 9.26 Å². The lowest BCUT2D eigenvalue weighted by atomic mass is 9.93. The lowest BCUT2D eigenvalue weighted by Crippen LogP contribution is -2.42. The third-order valence-corrected chi connectivity index (χ3v) is 5.29. The molecule has 1 atom stereocenters. The molecule has 0 aliphatic heterocycles. The molecular formula is C24H18N6O4. The molecule has 10 nitrogen and oxygen atoms in total. The molecule has 0 aliphatic carbocycles. The van der Waals surface area contributed by atoms with Crippen molar-refractivity contribution in [2.45, 2.75) is 5.60 Å². The first-order valence-electron chi connectivity index (χ1n) is 10.2. The molecule has 0 saturated heterocycles. The molecule has 0 fully saturated rings. The van der Waals surface area contributed by atoms with Crippen LogP contribution in [-0.2, 0) is 10.4 Å². The van der Waals surface area contributed by atoms with Gasteiger partial charge in [-0.15, -0.1) is 0 Å². The number of nitrogens with one attached hydrogen (secondary N) is 1. The van der Waals surface area contributed by atoms with Crippen molar-refractivity contribution in [3.8, 4) is 17.0 Å². The number of methoxy groups -OCH3 is 1. The van der Waals surface area contributed by atoms with Gasteiger partial charge in [0.25, 0.3) is 5.91 Å². The number of aromatic nitrogens is 5. The normalized spacial score (nSPS) is 12.8. The van der Waals surface area contributed by atoms with Crippen LogP contribution >= 0.6 is 0 Å². The number of pyridine rings is 4. The van der Waals surface area contributed by atoms with E-state index in [2.05, 4.69) is 30.4 Å². The van der Waals surface area contributed by atoms with Crippen LogP contribution < -0.4 is 10.1 Å². The summed E-state index contributed by atoms with van der Waals surface area (Å²) in [7, 11) is 1.43. The highest BCUT2D eigenvalue weighted by atomic mass is 16.5. The minimum atomic E-state index is -2.22. The van der Waals surface area contributed by atoms with Gasteiger partial charge in [0.2, 0.25) is 11.5 Å². The maximum Gasteiger partial charge on any atom is 0.269 e. The highest BCUT2D eigenvalue weighted by molar-refractivity contribution is 6.01. The van der Waals surface area contributed by atoms with Crippen LogP contribution in [0.2, 0.25) is 0 Å². The van der Waals surface area contributed by atoms with Crippen molar-refractivity contribution in [3.63, 3.8) is 0 Å². The molecule has 0 spiro atoms. The zero-order chi connectivity index (χ0) is 23.5. The van der Waals surface area contributed by atoms with Gasteiger partial charge >= 0.3 is 0 Å². The van der Waals surface area contributed by atoms with Crippen LogP contribution in [0.4, 0.5) is 5.69 Å². The Kier molecular flexibility index (Phi) is 5.40. The van der Waals surface area contributed by atoms with Crippen molar-refractivity contribution in [1.82, 2.24) is 25.1 Å². The van der Waals surface area contributed by atoms with Gasteiger partial charge in [-0.2, -0.15) is 0 Å². The van der Waals surface area contributed by atoms with Crippen molar-refractivity contribution >= 4 is 22.5 Å². The van der Waals surface area contributed by atoms with E-state index in [0.717, 1.165) is 16.5 Å². The number of carbonyl (C=O) groups is 1. The molecule has 5 heterocycles. The molecule has 0 aromatic carbocycles. The monoisotopic (exact) mass is 454 g/mol. The Hall–Kier alpha value is -4.70. The molecule has 0 aliphatic rings. The first kappa shape index (κ1) is 21.2. The van der Waals surface area contributed by atoms with Gasteiger partial charge in [-0.25, -0.2) is 4.98 Å². The predicted molar refractivity (Wildman–Crippen MR) is 122 cm³/mol. The lowest BCUT2D eigenvalue weighted by molar-refractivity contribution is -0.131. The molecule has 0 radical (unpaired) electrons. The van der Waals surface area contributed by atoms with Gasteiger partial charge in [-0.05, 0) is 30.3 Å². The first-order valence-corrected chi connectivity index (χ1v) is 10.2. The maximum atomic E-state index is 13.5. The fourth-order valence-corrected chi connectivity index (χ4v) is 3.62. The number of amides is 1. The average molecular weight is 454 g/mol. The highest BCUT2D eigenvalue weighted by Gasteiger charge is 2.44. The van der Waals surface area contributed by atoms with Crippen LogP contribution in [0.15, 0.2) is 84.2 Å². The number of carbonyl (C=O) groups excluding carboxylic acids is 1. The summed E-state index contributed by atoms with van der Waals surface area (Å²) in [6, 6.07) is 11.7. The molecule has 5 aromatic rings. The topological polar surface area (TPSA) is 136 Å². The van der Waals surface area contributed by atoms with Crippen molar-refractivity contribution in [2.24, 2.45) is 0 Å². The molecule has 2 N–H and O–H groups in total. The van der Waals surface area contributed by atoms with Gasteiger partial charge in [0.05, 0.1) is 18.3 Å². The van der Waals surface area contributed by atoms with Crippen LogP contribution in [0.3, 0.4) is 0 Å². The molecule has 5 rings (SSSR count). The summed E-state index contributed by atoms with van der Waals surface area (Å²) in [5, 5.41) is 18.8. The summed E-state index contributed by atoms with van der Waals surface area (Å²) < 4.78 is 10.2. The third-order valence-electron chi connectivity index (χ3n) is 5.29. The van der Waals surface area contributed by atoms with Crippen LogP contribution in [0.25, 0.3) is 22.0 Å². The second kappa shape index (κ2) is 8.68. The van der Waals surface area contributed by atoms with Crippen molar-refractivity contribution in [2.75, 3.05) is 12.4 Å². The van der Waals surface area contributed by atoms with E-state index in [-0.39, 0.29) is 23.0 Å². The number of ether oxygens (including phenoxy) is 1. The maximum absolute atomic E-state index is 13.5. The van der Waals surface area contributed by atoms with Crippen molar-refractivity contribution in [1.29, 1.82) is 0 Å². The van der Waals surface area contributed by atoms with E-state index in [1.807, 2.05) is 12.1 Å². The minimum absolute atomic E-state index is 0.0192. The Balaban J connectivity index is 1.58. The van der Waals surface area contributed by atoms with Crippen LogP contribution in [0, 0.1) is 0 Å². The Morgan fingerprint density at radius 1 is 1.03 bits per heavy atom. The number of aliphatic hydroxyl groups is 1. The molecule has 0 bridgehead atoms. The summed E-state index contributed by atoms with van der Waals surface area (Å²) in [5.41, 5.74) is 0.167. The summed E-state index contributed by atoms with van der Waals surface area (Å²) in [5.74, 6) is -0.659. The number of fused-ring (bicyclic) bond motifs is 1. The molecule has 0 saturated carbocycles. The quantitative estimate of drug-likeness (QED) is 0.397. The van der Waals surface area contributed by atoms with E-state index >= 15 is 0 Å². The van der Waals surface area contributed by atoms with Crippen LogP contribution in [0.5, 0.6) is 5.88 Å². The Labute approximate surface area is 193 Å². The fraction of sp³-hybridized carbons (Fsp3) is 0.0833. The summed E-state index contributed by atoms with van der Waals surface area (Å²) in [4.78, 5) is 30.7. The smallest absolute Gasteiger partial charge is 0.269 e. The second-order valence-corrected chi connectivity index (χ2v) is 7.31. The number of hydrogen-bond acceptors (Lipinski definition) is 9. The fourth-order valence-electron chi connectivity index (χ4n) is 3.62. The highest BCUT2D eigenvalue weighted by Crippen LogP contribution is 2.34. The summed E-state index contributed by atoms with van der Waals surface area (Å²) >= 11 is 0. The molecule has 168 valence electrons. The Bertz CT molecular complexity index is 1450. The van der Waals surface area contributed by atoms with E-state index in [1.165, 1.54) is 31.7 Å².